The second-order valence-corrected chi connectivity index (χ2v) is 7.19. The molecule has 3 amide bonds. The molecule has 0 bridgehead atoms. The van der Waals surface area contributed by atoms with Crippen LogP contribution in [0.2, 0.25) is 0 Å². The fourth-order valence-corrected chi connectivity index (χ4v) is 2.99. The van der Waals surface area contributed by atoms with Gasteiger partial charge in [0.05, 0.1) is 23.3 Å². The Morgan fingerprint density at radius 2 is 1.60 bits per heavy atom. The molecule has 1 aliphatic heterocycles. The van der Waals surface area contributed by atoms with Crippen LogP contribution in [0.3, 0.4) is 0 Å². The van der Waals surface area contributed by atoms with Gasteiger partial charge in [-0.25, -0.2) is 0 Å². The van der Waals surface area contributed by atoms with Crippen LogP contribution < -0.4 is 21.7 Å². The molecule has 0 aliphatic carbocycles. The van der Waals surface area contributed by atoms with Crippen molar-refractivity contribution in [1.29, 1.82) is 5.41 Å². The first-order valence-electron chi connectivity index (χ1n) is 9.37. The van der Waals surface area contributed by atoms with Gasteiger partial charge in [0.1, 0.15) is 11.4 Å². The maximum absolute atomic E-state index is 12.7. The molecule has 2 atom stereocenters. The molecule has 11 nitrogen and oxygen atoms in total. The van der Waals surface area contributed by atoms with E-state index in [4.69, 9.17) is 15.9 Å². The molecule has 1 aliphatic rings. The molecule has 6 N–H and O–H groups in total. The molecule has 3 rings (SSSR count). The summed E-state index contributed by atoms with van der Waals surface area (Å²) in [6, 6.07) is 3.12. The van der Waals surface area contributed by atoms with Crippen LogP contribution in [0.4, 0.5) is 11.4 Å². The van der Waals surface area contributed by atoms with E-state index < -0.39 is 6.10 Å². The lowest BCUT2D eigenvalue weighted by Crippen LogP contribution is -2.28. The number of nitrogens with one attached hydrogen (secondary N) is 4. The lowest BCUT2D eigenvalue weighted by molar-refractivity contribution is -0.117. The number of amidine groups is 1. The summed E-state index contributed by atoms with van der Waals surface area (Å²) >= 11 is 0. The monoisotopic (exact) mass is 415 g/mol. The molecule has 2 aromatic heterocycles. The minimum Gasteiger partial charge on any atom is -0.388 e. The highest BCUT2D eigenvalue weighted by Gasteiger charge is 2.41. The highest BCUT2D eigenvalue weighted by molar-refractivity contribution is 6.05. The van der Waals surface area contributed by atoms with Gasteiger partial charge < -0.3 is 35.6 Å². The van der Waals surface area contributed by atoms with Crippen molar-refractivity contribution in [2.45, 2.75) is 25.6 Å². The van der Waals surface area contributed by atoms with E-state index >= 15 is 0 Å². The van der Waals surface area contributed by atoms with Crippen LogP contribution in [-0.2, 0) is 23.6 Å². The predicted molar refractivity (Wildman–Crippen MR) is 111 cm³/mol. The van der Waals surface area contributed by atoms with Gasteiger partial charge >= 0.3 is 0 Å². The largest absolute Gasteiger partial charge is 0.388 e. The van der Waals surface area contributed by atoms with Crippen molar-refractivity contribution in [1.82, 2.24) is 14.5 Å². The van der Waals surface area contributed by atoms with Crippen LogP contribution in [-0.4, -0.2) is 51.4 Å². The highest BCUT2D eigenvalue weighted by atomic mass is 16.6. The van der Waals surface area contributed by atoms with Crippen LogP contribution in [0.5, 0.6) is 0 Å². The average Bonchev–Trinajstić information content (AvgIpc) is 3.11. The van der Waals surface area contributed by atoms with E-state index in [1.807, 2.05) is 6.92 Å². The quantitative estimate of drug-likeness (QED) is 0.239. The van der Waals surface area contributed by atoms with Gasteiger partial charge in [-0.05, 0) is 19.1 Å². The molecule has 3 heterocycles. The summed E-state index contributed by atoms with van der Waals surface area (Å²) in [4.78, 5) is 36.9. The van der Waals surface area contributed by atoms with Crippen LogP contribution in [0, 0.1) is 5.41 Å². The number of amides is 3. The zero-order chi connectivity index (χ0) is 22.0. The van der Waals surface area contributed by atoms with Gasteiger partial charge in [0.2, 0.25) is 0 Å². The van der Waals surface area contributed by atoms with Gasteiger partial charge in [0.25, 0.3) is 17.7 Å². The number of rotatable bonds is 8. The van der Waals surface area contributed by atoms with Crippen molar-refractivity contribution < 1.29 is 19.1 Å². The first-order valence-corrected chi connectivity index (χ1v) is 9.37. The number of hydrogen-bond acceptors (Lipinski definition) is 5. The standard InChI is InChI=1S/C19H25N7O4/c1-10-16(30-10)19(29)24-12-7-14(26(3)9-12)18(28)23-11-6-13(25(2)8-11)17(27)22-5-4-15(20)21/h6-10,16H,4-5H2,1-3H3,(H3,20,21)(H,22,27)(H,23,28)(H,24,29). The van der Waals surface area contributed by atoms with Crippen molar-refractivity contribution in [3.8, 4) is 0 Å². The van der Waals surface area contributed by atoms with Crippen LogP contribution in [0.15, 0.2) is 24.5 Å². The number of carbonyl (C=O) groups is 3. The zero-order valence-electron chi connectivity index (χ0n) is 17.0. The third-order valence-corrected chi connectivity index (χ3v) is 4.65. The Balaban J connectivity index is 1.62. The molecule has 1 fully saturated rings. The molecule has 11 heteroatoms. The van der Waals surface area contributed by atoms with Crippen LogP contribution in [0.1, 0.15) is 34.3 Å². The van der Waals surface area contributed by atoms with Crippen molar-refractivity contribution in [2.75, 3.05) is 17.2 Å². The normalized spacial score (nSPS) is 17.3. The van der Waals surface area contributed by atoms with Crippen LogP contribution >= 0.6 is 0 Å². The summed E-state index contributed by atoms with van der Waals surface area (Å²) in [5.74, 6) is -0.973. The zero-order valence-corrected chi connectivity index (χ0v) is 17.0. The Morgan fingerprint density at radius 1 is 1.07 bits per heavy atom. The second-order valence-electron chi connectivity index (χ2n) is 7.19. The topological polar surface area (TPSA) is 160 Å². The summed E-state index contributed by atoms with van der Waals surface area (Å²) in [7, 11) is 3.38. The van der Waals surface area contributed by atoms with E-state index in [9.17, 15) is 14.4 Å². The maximum atomic E-state index is 12.7. The SMILES string of the molecule is CC1OC1C(=O)Nc1cc(C(=O)Nc2cc(C(=O)NCCC(=N)N)n(C)c2)n(C)c1. The Hall–Kier alpha value is -3.60. The molecule has 2 aromatic rings. The summed E-state index contributed by atoms with van der Waals surface area (Å²) in [6.07, 6.45) is 2.97. The minimum absolute atomic E-state index is 0.00701. The molecular formula is C19H25N7O4. The third-order valence-electron chi connectivity index (χ3n) is 4.65. The molecule has 1 saturated heterocycles. The molecular weight excluding hydrogens is 390 g/mol. The van der Waals surface area contributed by atoms with E-state index in [0.717, 1.165) is 0 Å². The first-order chi connectivity index (χ1) is 14.2. The van der Waals surface area contributed by atoms with Gasteiger partial charge in [-0.3, -0.25) is 19.8 Å². The summed E-state index contributed by atoms with van der Waals surface area (Å²) in [5.41, 5.74) is 6.91. The number of aryl methyl sites for hydroxylation is 2. The van der Waals surface area contributed by atoms with Gasteiger partial charge in [-0.1, -0.05) is 0 Å². The van der Waals surface area contributed by atoms with Crippen molar-refractivity contribution in [3.63, 3.8) is 0 Å². The number of nitrogens with two attached hydrogens (primary N) is 1. The summed E-state index contributed by atoms with van der Waals surface area (Å²) in [5, 5.41) is 15.3. The molecule has 0 aromatic carbocycles. The molecule has 0 radical (unpaired) electrons. The molecule has 0 spiro atoms. The van der Waals surface area contributed by atoms with Gasteiger partial charge in [0, 0.05) is 39.5 Å². The fraction of sp³-hybridized carbons (Fsp3) is 0.368. The summed E-state index contributed by atoms with van der Waals surface area (Å²) < 4.78 is 8.32. The molecule has 160 valence electrons. The van der Waals surface area contributed by atoms with Crippen molar-refractivity contribution >= 4 is 34.9 Å². The van der Waals surface area contributed by atoms with E-state index in [1.54, 1.807) is 47.8 Å². The predicted octanol–water partition coefficient (Wildman–Crippen LogP) is 0.398. The average molecular weight is 415 g/mol. The number of ether oxygens (including phenoxy) is 1. The Morgan fingerprint density at radius 3 is 2.13 bits per heavy atom. The van der Waals surface area contributed by atoms with E-state index in [1.165, 1.54) is 0 Å². The third kappa shape index (κ3) is 4.87. The first kappa shape index (κ1) is 21.1. The van der Waals surface area contributed by atoms with Crippen molar-refractivity contribution in [3.05, 3.63) is 35.9 Å². The number of epoxide rings is 1. The van der Waals surface area contributed by atoms with E-state index in [2.05, 4.69) is 16.0 Å². The van der Waals surface area contributed by atoms with E-state index in [0.29, 0.717) is 22.8 Å². The summed E-state index contributed by atoms with van der Waals surface area (Å²) in [6.45, 7) is 2.06. The Bertz CT molecular complexity index is 1010. The van der Waals surface area contributed by atoms with E-state index in [-0.39, 0.29) is 42.6 Å². The fourth-order valence-electron chi connectivity index (χ4n) is 2.99. The highest BCUT2D eigenvalue weighted by Crippen LogP contribution is 2.23. The number of aromatic nitrogens is 2. The smallest absolute Gasteiger partial charge is 0.272 e. The van der Waals surface area contributed by atoms with Crippen LogP contribution in [0.25, 0.3) is 0 Å². The molecule has 30 heavy (non-hydrogen) atoms. The Kier molecular flexibility index (Phi) is 5.92. The van der Waals surface area contributed by atoms with Gasteiger partial charge in [-0.15, -0.1) is 0 Å². The molecule has 2 unspecified atom stereocenters. The molecule has 0 saturated carbocycles. The Labute approximate surface area is 173 Å². The second kappa shape index (κ2) is 8.41. The number of carbonyl (C=O) groups excluding carboxylic acids is 3. The maximum Gasteiger partial charge on any atom is 0.272 e. The lowest BCUT2D eigenvalue weighted by atomic mass is 10.3. The number of anilines is 2. The number of nitrogens with zero attached hydrogens (tertiary/aromatic N) is 2. The minimum atomic E-state index is -0.452. The van der Waals surface area contributed by atoms with Gasteiger partial charge in [0.15, 0.2) is 6.10 Å². The van der Waals surface area contributed by atoms with Gasteiger partial charge in [-0.2, -0.15) is 0 Å². The number of hydrogen-bond donors (Lipinski definition) is 5. The van der Waals surface area contributed by atoms with Crippen molar-refractivity contribution in [2.24, 2.45) is 19.8 Å². The lowest BCUT2D eigenvalue weighted by Gasteiger charge is -2.04.